The van der Waals surface area contributed by atoms with Crippen molar-refractivity contribution < 1.29 is 0 Å². The van der Waals surface area contributed by atoms with Crippen molar-refractivity contribution in [2.45, 2.75) is 23.1 Å². The van der Waals surface area contributed by atoms with E-state index in [9.17, 15) is 0 Å². The van der Waals surface area contributed by atoms with Crippen LogP contribution < -0.4 is 0 Å². The van der Waals surface area contributed by atoms with Crippen LogP contribution in [0.25, 0.3) is 0 Å². The summed E-state index contributed by atoms with van der Waals surface area (Å²) in [5, 5.41) is 0.0301. The van der Waals surface area contributed by atoms with Crippen LogP contribution in [0, 0.1) is 0 Å². The molecule has 0 aromatic heterocycles. The van der Waals surface area contributed by atoms with Crippen molar-refractivity contribution in [3.63, 3.8) is 0 Å². The van der Waals surface area contributed by atoms with E-state index in [1.807, 2.05) is 0 Å². The zero-order valence-corrected chi connectivity index (χ0v) is 7.26. The first-order valence-electron chi connectivity index (χ1n) is 2.70. The van der Waals surface area contributed by atoms with Crippen LogP contribution in [0.5, 0.6) is 0 Å². The predicted octanol–water partition coefficient (Wildman–Crippen LogP) is 3.36. The minimum Gasteiger partial charge on any atom is -0.123 e. The van der Waals surface area contributed by atoms with Crippen molar-refractivity contribution in [2.24, 2.45) is 0 Å². The number of alkyl halides is 3. The molecule has 0 saturated heterocycles. The molecule has 0 aromatic carbocycles. The second-order valence-electron chi connectivity index (χ2n) is 1.75. The van der Waals surface area contributed by atoms with Gasteiger partial charge in [-0.05, 0) is 12.8 Å². The van der Waals surface area contributed by atoms with Crippen LogP contribution in [-0.4, -0.2) is 10.2 Å². The first-order valence-corrected chi connectivity index (χ1v) is 4.01. The van der Waals surface area contributed by atoms with E-state index in [4.69, 9.17) is 34.8 Å². The van der Waals surface area contributed by atoms with E-state index in [0.29, 0.717) is 6.42 Å². The fourth-order valence-electron chi connectivity index (χ4n) is 0.470. The number of rotatable bonds is 4. The van der Waals surface area contributed by atoms with Gasteiger partial charge in [-0.3, -0.25) is 0 Å². The molecule has 1 unspecified atom stereocenters. The maximum atomic E-state index is 5.74. The third kappa shape index (κ3) is 6.50. The lowest BCUT2D eigenvalue weighted by Gasteiger charge is -2.04. The SMILES string of the molecule is C=CCC(Cl)CC(Cl)Cl. The molecular formula is C6H9Cl3. The smallest absolute Gasteiger partial charge is 0.109 e. The van der Waals surface area contributed by atoms with Crippen molar-refractivity contribution in [2.75, 3.05) is 0 Å². The standard InChI is InChI=1S/C6H9Cl3/c1-2-3-5(7)4-6(8)9/h2,5-6H,1,3-4H2. The minimum atomic E-state index is -0.354. The molecule has 3 heteroatoms. The third-order valence-electron chi connectivity index (χ3n) is 0.856. The van der Waals surface area contributed by atoms with Crippen LogP contribution in [-0.2, 0) is 0 Å². The Bertz CT molecular complexity index is 80.4. The van der Waals surface area contributed by atoms with E-state index < -0.39 is 0 Å². The molecule has 0 saturated carbocycles. The molecule has 9 heavy (non-hydrogen) atoms. The maximum Gasteiger partial charge on any atom is 0.109 e. The summed E-state index contributed by atoms with van der Waals surface area (Å²) >= 11 is 16.6. The molecule has 0 aliphatic carbocycles. The Morgan fingerprint density at radius 3 is 2.22 bits per heavy atom. The summed E-state index contributed by atoms with van der Waals surface area (Å²) in [6, 6.07) is 0. The highest BCUT2D eigenvalue weighted by molar-refractivity contribution is 6.44. The van der Waals surface area contributed by atoms with Crippen molar-refractivity contribution in [3.05, 3.63) is 12.7 Å². The summed E-state index contributed by atoms with van der Waals surface area (Å²) in [6.07, 6.45) is 3.14. The van der Waals surface area contributed by atoms with Crippen molar-refractivity contribution in [3.8, 4) is 0 Å². The second-order valence-corrected chi connectivity index (χ2v) is 3.64. The molecule has 0 N–H and O–H groups in total. The first kappa shape index (κ1) is 9.61. The van der Waals surface area contributed by atoms with Crippen LogP contribution in [0.2, 0.25) is 0 Å². The molecule has 0 fully saturated rings. The summed E-state index contributed by atoms with van der Waals surface area (Å²) < 4.78 is 0. The largest absolute Gasteiger partial charge is 0.123 e. The topological polar surface area (TPSA) is 0 Å². The van der Waals surface area contributed by atoms with Gasteiger partial charge in [0, 0.05) is 5.38 Å². The highest BCUT2D eigenvalue weighted by Crippen LogP contribution is 2.16. The third-order valence-corrected chi connectivity index (χ3v) is 1.57. The van der Waals surface area contributed by atoms with E-state index in [1.54, 1.807) is 6.08 Å². The van der Waals surface area contributed by atoms with Crippen LogP contribution in [0.4, 0.5) is 0 Å². The zero-order valence-electron chi connectivity index (χ0n) is 4.99. The van der Waals surface area contributed by atoms with E-state index in [1.165, 1.54) is 0 Å². The molecule has 0 amide bonds. The quantitative estimate of drug-likeness (QED) is 0.468. The van der Waals surface area contributed by atoms with Gasteiger partial charge in [-0.1, -0.05) is 6.08 Å². The van der Waals surface area contributed by atoms with Gasteiger partial charge in [0.25, 0.3) is 0 Å². The summed E-state index contributed by atoms with van der Waals surface area (Å²) in [6.45, 7) is 3.54. The molecule has 1 atom stereocenters. The number of allylic oxidation sites excluding steroid dienone is 1. The van der Waals surface area contributed by atoms with Crippen LogP contribution >= 0.6 is 34.8 Å². The van der Waals surface area contributed by atoms with E-state index >= 15 is 0 Å². The molecule has 0 bridgehead atoms. The number of halogens is 3. The van der Waals surface area contributed by atoms with E-state index in [2.05, 4.69) is 6.58 Å². The van der Waals surface area contributed by atoms with Gasteiger partial charge in [-0.15, -0.1) is 41.4 Å². The Labute approximate surface area is 70.8 Å². The normalized spacial score (nSPS) is 13.8. The Morgan fingerprint density at radius 2 is 1.89 bits per heavy atom. The monoisotopic (exact) mass is 186 g/mol. The molecule has 0 aliphatic heterocycles. The molecule has 54 valence electrons. The van der Waals surface area contributed by atoms with Gasteiger partial charge >= 0.3 is 0 Å². The summed E-state index contributed by atoms with van der Waals surface area (Å²) in [4.78, 5) is -0.354. The highest BCUT2D eigenvalue weighted by atomic mass is 35.5. The molecular weight excluding hydrogens is 178 g/mol. The van der Waals surface area contributed by atoms with E-state index in [-0.39, 0.29) is 10.2 Å². The minimum absolute atomic E-state index is 0.0301. The Kier molecular flexibility index (Phi) is 5.77. The van der Waals surface area contributed by atoms with Gasteiger partial charge < -0.3 is 0 Å². The molecule has 0 aliphatic rings. The predicted molar refractivity (Wildman–Crippen MR) is 44.6 cm³/mol. The van der Waals surface area contributed by atoms with Gasteiger partial charge in [0.05, 0.1) is 0 Å². The molecule has 0 radical (unpaired) electrons. The summed E-state index contributed by atoms with van der Waals surface area (Å²) in [5.41, 5.74) is 0. The fraction of sp³-hybridized carbons (Fsp3) is 0.667. The van der Waals surface area contributed by atoms with Gasteiger partial charge in [0.15, 0.2) is 0 Å². The lowest BCUT2D eigenvalue weighted by molar-refractivity contribution is 0.807. The van der Waals surface area contributed by atoms with Crippen LogP contribution in [0.3, 0.4) is 0 Å². The molecule has 0 nitrogen and oxygen atoms in total. The van der Waals surface area contributed by atoms with Crippen LogP contribution in [0.1, 0.15) is 12.8 Å². The molecule has 0 heterocycles. The second kappa shape index (κ2) is 5.40. The molecule has 0 aromatic rings. The van der Waals surface area contributed by atoms with Crippen molar-refractivity contribution >= 4 is 34.8 Å². The fourth-order valence-corrected chi connectivity index (χ4v) is 1.39. The number of hydrogen-bond acceptors (Lipinski definition) is 0. The lowest BCUT2D eigenvalue weighted by atomic mass is 10.2. The average Bonchev–Trinajstić information content (AvgIpc) is 1.63. The van der Waals surface area contributed by atoms with Gasteiger partial charge in [0.2, 0.25) is 0 Å². The van der Waals surface area contributed by atoms with Crippen molar-refractivity contribution in [1.29, 1.82) is 0 Å². The average molecular weight is 187 g/mol. The van der Waals surface area contributed by atoms with Crippen molar-refractivity contribution in [1.82, 2.24) is 0 Å². The van der Waals surface area contributed by atoms with Gasteiger partial charge in [-0.2, -0.15) is 0 Å². The highest BCUT2D eigenvalue weighted by Gasteiger charge is 2.06. The number of hydrogen-bond donors (Lipinski definition) is 0. The zero-order chi connectivity index (χ0) is 7.28. The Hall–Kier alpha value is 0.610. The molecule has 0 spiro atoms. The van der Waals surface area contributed by atoms with E-state index in [0.717, 1.165) is 6.42 Å². The Balaban J connectivity index is 3.25. The summed E-state index contributed by atoms with van der Waals surface area (Å²) in [5.74, 6) is 0. The lowest BCUT2D eigenvalue weighted by Crippen LogP contribution is -2.01. The Morgan fingerprint density at radius 1 is 1.33 bits per heavy atom. The molecule has 0 rings (SSSR count). The van der Waals surface area contributed by atoms with Crippen LogP contribution in [0.15, 0.2) is 12.7 Å². The van der Waals surface area contributed by atoms with Gasteiger partial charge in [-0.25, -0.2) is 0 Å². The first-order chi connectivity index (χ1) is 4.16. The van der Waals surface area contributed by atoms with Gasteiger partial charge in [0.1, 0.15) is 4.84 Å². The maximum absolute atomic E-state index is 5.74. The summed E-state index contributed by atoms with van der Waals surface area (Å²) in [7, 11) is 0.